The van der Waals surface area contributed by atoms with Gasteiger partial charge in [0, 0.05) is 13.1 Å². The fraction of sp³-hybridized carbons (Fsp3) is 0.250. The van der Waals surface area contributed by atoms with Crippen LogP contribution in [0.3, 0.4) is 0 Å². The van der Waals surface area contributed by atoms with Crippen LogP contribution in [0.5, 0.6) is 0 Å². The molecule has 0 N–H and O–H groups in total. The molecule has 17 heavy (non-hydrogen) atoms. The molecule has 90 valence electrons. The van der Waals surface area contributed by atoms with Crippen molar-refractivity contribution < 1.29 is 19.1 Å². The standard InChI is InChI=1S/C12H13NO4/c1-9(14)17-8-10(12(15)16-2)7-11-5-3-4-6-13-11/h3-7H,8H2,1-2H3/b10-7+. The number of ether oxygens (including phenoxy) is 2. The van der Waals surface area contributed by atoms with Crippen molar-refractivity contribution in [3.8, 4) is 0 Å². The molecule has 0 unspecified atom stereocenters. The first kappa shape index (κ1) is 12.9. The van der Waals surface area contributed by atoms with Crippen molar-refractivity contribution in [2.24, 2.45) is 0 Å². The average molecular weight is 235 g/mol. The van der Waals surface area contributed by atoms with Gasteiger partial charge < -0.3 is 9.47 Å². The van der Waals surface area contributed by atoms with Gasteiger partial charge in [0.05, 0.1) is 18.4 Å². The van der Waals surface area contributed by atoms with Crippen LogP contribution in [-0.2, 0) is 19.1 Å². The molecule has 0 aromatic carbocycles. The van der Waals surface area contributed by atoms with Crippen molar-refractivity contribution in [1.82, 2.24) is 4.98 Å². The van der Waals surface area contributed by atoms with Gasteiger partial charge >= 0.3 is 11.9 Å². The fourth-order valence-corrected chi connectivity index (χ4v) is 1.11. The van der Waals surface area contributed by atoms with Gasteiger partial charge in [-0.15, -0.1) is 0 Å². The Balaban J connectivity index is 2.86. The van der Waals surface area contributed by atoms with Crippen LogP contribution in [0, 0.1) is 0 Å². The molecule has 0 aliphatic carbocycles. The van der Waals surface area contributed by atoms with Gasteiger partial charge in [-0.3, -0.25) is 9.78 Å². The Labute approximate surface area is 99.1 Å². The molecular weight excluding hydrogens is 222 g/mol. The Morgan fingerprint density at radius 1 is 1.41 bits per heavy atom. The van der Waals surface area contributed by atoms with Gasteiger partial charge in [0.15, 0.2) is 0 Å². The molecule has 0 radical (unpaired) electrons. The second kappa shape index (κ2) is 6.42. The molecule has 1 heterocycles. The van der Waals surface area contributed by atoms with Crippen molar-refractivity contribution in [3.63, 3.8) is 0 Å². The Morgan fingerprint density at radius 3 is 2.71 bits per heavy atom. The highest BCUT2D eigenvalue weighted by atomic mass is 16.5. The van der Waals surface area contributed by atoms with Crippen molar-refractivity contribution in [2.75, 3.05) is 13.7 Å². The number of rotatable bonds is 4. The van der Waals surface area contributed by atoms with Gasteiger partial charge in [-0.1, -0.05) is 6.07 Å². The smallest absolute Gasteiger partial charge is 0.337 e. The Kier molecular flexibility index (Phi) is 4.87. The molecule has 0 atom stereocenters. The SMILES string of the molecule is COC(=O)/C(=C/c1ccccn1)COC(C)=O. The molecule has 0 saturated carbocycles. The summed E-state index contributed by atoms with van der Waals surface area (Å²) in [5.41, 5.74) is 0.835. The first-order chi connectivity index (χ1) is 8.13. The van der Waals surface area contributed by atoms with Crippen molar-refractivity contribution >= 4 is 18.0 Å². The lowest BCUT2D eigenvalue weighted by Gasteiger charge is -2.05. The predicted octanol–water partition coefficient (Wildman–Crippen LogP) is 1.20. The van der Waals surface area contributed by atoms with Crippen molar-refractivity contribution in [3.05, 3.63) is 35.7 Å². The maximum absolute atomic E-state index is 11.4. The monoisotopic (exact) mass is 235 g/mol. The topological polar surface area (TPSA) is 65.5 Å². The third-order valence-electron chi connectivity index (χ3n) is 1.89. The van der Waals surface area contributed by atoms with Crippen LogP contribution >= 0.6 is 0 Å². The van der Waals surface area contributed by atoms with Crippen LogP contribution < -0.4 is 0 Å². The normalized spacial score (nSPS) is 10.8. The summed E-state index contributed by atoms with van der Waals surface area (Å²) in [6.45, 7) is 1.15. The zero-order valence-corrected chi connectivity index (χ0v) is 9.67. The summed E-state index contributed by atoms with van der Waals surface area (Å²) < 4.78 is 9.35. The maximum atomic E-state index is 11.4. The molecule has 0 amide bonds. The lowest BCUT2D eigenvalue weighted by molar-refractivity contribution is -0.141. The van der Waals surface area contributed by atoms with E-state index in [9.17, 15) is 9.59 Å². The van der Waals surface area contributed by atoms with Gasteiger partial charge in [-0.2, -0.15) is 0 Å². The lowest BCUT2D eigenvalue weighted by Crippen LogP contribution is -2.12. The van der Waals surface area contributed by atoms with E-state index in [0.29, 0.717) is 5.69 Å². The van der Waals surface area contributed by atoms with Crippen molar-refractivity contribution in [2.45, 2.75) is 6.92 Å². The summed E-state index contributed by atoms with van der Waals surface area (Å²) in [5.74, 6) is -1.00. The molecule has 0 bridgehead atoms. The minimum atomic E-state index is -0.545. The summed E-state index contributed by atoms with van der Waals surface area (Å²) in [6, 6.07) is 5.29. The first-order valence-electron chi connectivity index (χ1n) is 4.96. The molecule has 0 saturated heterocycles. The highest BCUT2D eigenvalue weighted by Crippen LogP contribution is 2.06. The molecule has 5 nitrogen and oxygen atoms in total. The average Bonchev–Trinajstić information content (AvgIpc) is 2.34. The number of hydrogen-bond donors (Lipinski definition) is 0. The van der Waals surface area contributed by atoms with Gasteiger partial charge in [-0.05, 0) is 18.2 Å². The largest absolute Gasteiger partial charge is 0.466 e. The number of aromatic nitrogens is 1. The summed E-state index contributed by atoms with van der Waals surface area (Å²) in [4.78, 5) is 26.2. The van der Waals surface area contributed by atoms with E-state index >= 15 is 0 Å². The molecule has 1 aromatic rings. The van der Waals surface area contributed by atoms with E-state index < -0.39 is 11.9 Å². The summed E-state index contributed by atoms with van der Waals surface area (Å²) in [6.07, 6.45) is 3.13. The van der Waals surface area contributed by atoms with Gasteiger partial charge in [-0.25, -0.2) is 4.79 Å². The van der Waals surface area contributed by atoms with E-state index in [1.54, 1.807) is 24.4 Å². The molecule has 0 fully saturated rings. The van der Waals surface area contributed by atoms with E-state index in [-0.39, 0.29) is 12.2 Å². The first-order valence-corrected chi connectivity index (χ1v) is 4.96. The van der Waals surface area contributed by atoms with Crippen LogP contribution in [0.25, 0.3) is 6.08 Å². The Bertz CT molecular complexity index is 425. The molecule has 5 heteroatoms. The highest BCUT2D eigenvalue weighted by molar-refractivity contribution is 5.93. The molecule has 0 aliphatic heterocycles. The number of pyridine rings is 1. The quantitative estimate of drug-likeness (QED) is 0.579. The zero-order valence-electron chi connectivity index (χ0n) is 9.67. The second-order valence-electron chi connectivity index (χ2n) is 3.20. The van der Waals surface area contributed by atoms with Gasteiger partial charge in [0.1, 0.15) is 6.61 Å². The predicted molar refractivity (Wildman–Crippen MR) is 60.9 cm³/mol. The van der Waals surface area contributed by atoms with E-state index in [0.717, 1.165) is 0 Å². The van der Waals surface area contributed by atoms with Crippen LogP contribution in [0.1, 0.15) is 12.6 Å². The fourth-order valence-electron chi connectivity index (χ4n) is 1.11. The minimum absolute atomic E-state index is 0.126. The Hall–Kier alpha value is -2.17. The number of nitrogens with zero attached hydrogens (tertiary/aromatic N) is 1. The van der Waals surface area contributed by atoms with Crippen molar-refractivity contribution in [1.29, 1.82) is 0 Å². The van der Waals surface area contributed by atoms with Gasteiger partial charge in [0.25, 0.3) is 0 Å². The van der Waals surface area contributed by atoms with Gasteiger partial charge in [0.2, 0.25) is 0 Å². The van der Waals surface area contributed by atoms with Crippen LogP contribution in [0.15, 0.2) is 30.0 Å². The summed E-state index contributed by atoms with van der Waals surface area (Å²) >= 11 is 0. The zero-order chi connectivity index (χ0) is 12.7. The number of carbonyl (C=O) groups excluding carboxylic acids is 2. The maximum Gasteiger partial charge on any atom is 0.337 e. The molecular formula is C12H13NO4. The van der Waals surface area contributed by atoms with E-state index in [4.69, 9.17) is 4.74 Å². The van der Waals surface area contributed by atoms with Crippen LogP contribution in [-0.4, -0.2) is 30.6 Å². The van der Waals surface area contributed by atoms with E-state index in [1.165, 1.54) is 20.1 Å². The number of carbonyl (C=O) groups is 2. The molecule has 1 rings (SSSR count). The third-order valence-corrected chi connectivity index (χ3v) is 1.89. The lowest BCUT2D eigenvalue weighted by atomic mass is 10.2. The van der Waals surface area contributed by atoms with E-state index in [2.05, 4.69) is 9.72 Å². The molecule has 0 aliphatic rings. The minimum Gasteiger partial charge on any atom is -0.466 e. The third kappa shape index (κ3) is 4.46. The van der Waals surface area contributed by atoms with Crippen LogP contribution in [0.4, 0.5) is 0 Å². The Morgan fingerprint density at radius 2 is 2.18 bits per heavy atom. The number of esters is 2. The number of hydrogen-bond acceptors (Lipinski definition) is 5. The van der Waals surface area contributed by atoms with E-state index in [1.807, 2.05) is 0 Å². The summed E-state index contributed by atoms with van der Waals surface area (Å²) in [7, 11) is 1.27. The second-order valence-corrected chi connectivity index (χ2v) is 3.20. The number of methoxy groups -OCH3 is 1. The molecule has 1 aromatic heterocycles. The van der Waals surface area contributed by atoms with Crippen LogP contribution in [0.2, 0.25) is 0 Å². The molecule has 0 spiro atoms. The highest BCUT2D eigenvalue weighted by Gasteiger charge is 2.11. The summed E-state index contributed by atoms with van der Waals surface area (Å²) in [5, 5.41) is 0.